The Morgan fingerprint density at radius 1 is 1.47 bits per heavy atom. The van der Waals surface area contributed by atoms with Gasteiger partial charge < -0.3 is 15.4 Å². The molecule has 0 saturated carbocycles. The van der Waals surface area contributed by atoms with Crippen LogP contribution in [0, 0.1) is 11.8 Å². The summed E-state index contributed by atoms with van der Waals surface area (Å²) in [5, 5.41) is 6.25. The van der Waals surface area contributed by atoms with Crippen molar-refractivity contribution >= 4 is 5.91 Å². The zero-order valence-electron chi connectivity index (χ0n) is 11.1. The Labute approximate surface area is 104 Å². The second kappa shape index (κ2) is 8.48. The third-order valence-electron chi connectivity index (χ3n) is 2.92. The van der Waals surface area contributed by atoms with Gasteiger partial charge in [-0.15, -0.1) is 0 Å². The van der Waals surface area contributed by atoms with Gasteiger partial charge in [0.25, 0.3) is 0 Å². The molecular formula is C13H26N2O2. The molecule has 0 spiro atoms. The van der Waals surface area contributed by atoms with Gasteiger partial charge in [-0.2, -0.15) is 0 Å². The van der Waals surface area contributed by atoms with Gasteiger partial charge in [0.2, 0.25) is 5.91 Å². The van der Waals surface area contributed by atoms with Crippen molar-refractivity contribution in [2.45, 2.75) is 33.1 Å². The van der Waals surface area contributed by atoms with E-state index in [1.54, 1.807) is 0 Å². The summed E-state index contributed by atoms with van der Waals surface area (Å²) in [4.78, 5) is 11.4. The van der Waals surface area contributed by atoms with Crippen molar-refractivity contribution in [3.05, 3.63) is 0 Å². The highest BCUT2D eigenvalue weighted by Crippen LogP contribution is 2.11. The molecule has 1 heterocycles. The van der Waals surface area contributed by atoms with Crippen LogP contribution in [0.1, 0.15) is 33.1 Å². The second-order valence-electron chi connectivity index (χ2n) is 5.24. The molecule has 4 nitrogen and oxygen atoms in total. The van der Waals surface area contributed by atoms with Gasteiger partial charge in [-0.05, 0) is 24.7 Å². The summed E-state index contributed by atoms with van der Waals surface area (Å²) in [5.74, 6) is 1.29. The number of carbonyl (C=O) groups excluding carboxylic acids is 1. The summed E-state index contributed by atoms with van der Waals surface area (Å²) in [5.41, 5.74) is 0. The largest absolute Gasteiger partial charge is 0.381 e. The van der Waals surface area contributed by atoms with Crippen molar-refractivity contribution in [2.75, 3.05) is 32.8 Å². The molecule has 1 rings (SSSR count). The lowest BCUT2D eigenvalue weighted by Crippen LogP contribution is -2.33. The molecule has 1 atom stereocenters. The highest BCUT2D eigenvalue weighted by atomic mass is 16.5. The number of hydrogen-bond acceptors (Lipinski definition) is 3. The lowest BCUT2D eigenvalue weighted by molar-refractivity contribution is -0.121. The molecule has 1 aliphatic rings. The Kier molecular flexibility index (Phi) is 7.21. The van der Waals surface area contributed by atoms with E-state index in [2.05, 4.69) is 24.5 Å². The fourth-order valence-corrected chi connectivity index (χ4v) is 1.88. The molecule has 100 valence electrons. The third kappa shape index (κ3) is 7.34. The van der Waals surface area contributed by atoms with Crippen LogP contribution in [0.15, 0.2) is 0 Å². The van der Waals surface area contributed by atoms with Crippen molar-refractivity contribution in [3.63, 3.8) is 0 Å². The van der Waals surface area contributed by atoms with E-state index in [1.165, 1.54) is 12.8 Å². The van der Waals surface area contributed by atoms with Crippen LogP contribution < -0.4 is 10.6 Å². The molecule has 1 aliphatic heterocycles. The molecular weight excluding hydrogens is 216 g/mol. The molecule has 4 heteroatoms. The Morgan fingerprint density at radius 2 is 2.29 bits per heavy atom. The lowest BCUT2D eigenvalue weighted by atomic mass is 10.0. The minimum atomic E-state index is 0.145. The number of nitrogens with one attached hydrogen (secondary N) is 2. The molecule has 0 aromatic rings. The first-order chi connectivity index (χ1) is 8.18. The molecule has 0 aliphatic carbocycles. The van der Waals surface area contributed by atoms with Gasteiger partial charge in [-0.25, -0.2) is 0 Å². The van der Waals surface area contributed by atoms with E-state index in [-0.39, 0.29) is 5.91 Å². The number of rotatable bonds is 7. The highest BCUT2D eigenvalue weighted by Gasteiger charge is 2.13. The fourth-order valence-electron chi connectivity index (χ4n) is 1.88. The predicted octanol–water partition coefficient (Wildman–Crippen LogP) is 1.16. The Morgan fingerprint density at radius 3 is 2.94 bits per heavy atom. The second-order valence-corrected chi connectivity index (χ2v) is 5.24. The summed E-state index contributed by atoms with van der Waals surface area (Å²) in [6.07, 6.45) is 2.98. The van der Waals surface area contributed by atoms with E-state index in [0.717, 1.165) is 32.8 Å². The normalized spacial score (nSPS) is 20.5. The van der Waals surface area contributed by atoms with E-state index in [4.69, 9.17) is 4.74 Å². The Hall–Kier alpha value is -0.610. The van der Waals surface area contributed by atoms with Crippen LogP contribution in [0.25, 0.3) is 0 Å². The van der Waals surface area contributed by atoms with Crippen molar-refractivity contribution < 1.29 is 9.53 Å². The van der Waals surface area contributed by atoms with Gasteiger partial charge in [0, 0.05) is 32.7 Å². The van der Waals surface area contributed by atoms with Crippen LogP contribution in [0.4, 0.5) is 0 Å². The first kappa shape index (κ1) is 14.5. The molecule has 0 aromatic heterocycles. The van der Waals surface area contributed by atoms with Gasteiger partial charge in [-0.1, -0.05) is 13.8 Å². The zero-order valence-corrected chi connectivity index (χ0v) is 11.1. The monoisotopic (exact) mass is 242 g/mol. The molecule has 1 unspecified atom stereocenters. The highest BCUT2D eigenvalue weighted by molar-refractivity contribution is 5.76. The summed E-state index contributed by atoms with van der Waals surface area (Å²) >= 11 is 0. The number of amides is 1. The molecule has 2 N–H and O–H groups in total. The average Bonchev–Trinajstić information content (AvgIpc) is 2.33. The van der Waals surface area contributed by atoms with Crippen LogP contribution in [-0.4, -0.2) is 38.8 Å². The molecule has 0 radical (unpaired) electrons. The maximum Gasteiger partial charge on any atom is 0.221 e. The number of hydrogen-bond donors (Lipinski definition) is 2. The third-order valence-corrected chi connectivity index (χ3v) is 2.92. The summed E-state index contributed by atoms with van der Waals surface area (Å²) in [6, 6.07) is 0. The molecule has 17 heavy (non-hydrogen) atoms. The summed E-state index contributed by atoms with van der Waals surface area (Å²) in [6.45, 7) is 8.48. The van der Waals surface area contributed by atoms with Gasteiger partial charge in [0.05, 0.1) is 6.61 Å². The minimum Gasteiger partial charge on any atom is -0.381 e. The Balaban J connectivity index is 1.94. The predicted molar refractivity (Wildman–Crippen MR) is 68.9 cm³/mol. The van der Waals surface area contributed by atoms with Crippen molar-refractivity contribution in [3.8, 4) is 0 Å². The van der Waals surface area contributed by atoms with Crippen LogP contribution in [0.3, 0.4) is 0 Å². The first-order valence-electron chi connectivity index (χ1n) is 6.73. The fraction of sp³-hybridized carbons (Fsp3) is 0.923. The molecule has 0 bridgehead atoms. The van der Waals surface area contributed by atoms with E-state index >= 15 is 0 Å². The molecule has 0 aromatic carbocycles. The van der Waals surface area contributed by atoms with Crippen LogP contribution in [-0.2, 0) is 9.53 Å². The van der Waals surface area contributed by atoms with Crippen LogP contribution in [0.5, 0.6) is 0 Å². The molecule has 1 fully saturated rings. The number of carbonyl (C=O) groups is 1. The topological polar surface area (TPSA) is 50.4 Å². The summed E-state index contributed by atoms with van der Waals surface area (Å²) in [7, 11) is 0. The molecule has 1 saturated heterocycles. The van der Waals surface area contributed by atoms with Crippen LogP contribution in [0.2, 0.25) is 0 Å². The van der Waals surface area contributed by atoms with E-state index < -0.39 is 0 Å². The maximum absolute atomic E-state index is 11.4. The van der Waals surface area contributed by atoms with E-state index in [1.807, 2.05) is 0 Å². The minimum absolute atomic E-state index is 0.145. The van der Waals surface area contributed by atoms with Gasteiger partial charge >= 0.3 is 0 Å². The summed E-state index contributed by atoms with van der Waals surface area (Å²) < 4.78 is 5.41. The standard InChI is InChI=1S/C13H26N2O2/c1-11(2)8-15-13(16)5-6-14-9-12-4-3-7-17-10-12/h11-12,14H,3-10H2,1-2H3,(H,15,16). The van der Waals surface area contributed by atoms with Crippen molar-refractivity contribution in [1.29, 1.82) is 0 Å². The average molecular weight is 242 g/mol. The van der Waals surface area contributed by atoms with Gasteiger partial charge in [-0.3, -0.25) is 4.79 Å². The maximum atomic E-state index is 11.4. The van der Waals surface area contributed by atoms with Crippen molar-refractivity contribution in [1.82, 2.24) is 10.6 Å². The SMILES string of the molecule is CC(C)CNC(=O)CCNCC1CCCOC1. The van der Waals surface area contributed by atoms with Crippen LogP contribution >= 0.6 is 0 Å². The van der Waals surface area contributed by atoms with Gasteiger partial charge in [0.15, 0.2) is 0 Å². The smallest absolute Gasteiger partial charge is 0.221 e. The molecule has 1 amide bonds. The van der Waals surface area contributed by atoms with E-state index in [0.29, 0.717) is 18.3 Å². The Bertz CT molecular complexity index is 213. The number of ether oxygens (including phenoxy) is 1. The first-order valence-corrected chi connectivity index (χ1v) is 6.73. The zero-order chi connectivity index (χ0) is 12.5. The van der Waals surface area contributed by atoms with Crippen molar-refractivity contribution in [2.24, 2.45) is 11.8 Å². The quantitative estimate of drug-likeness (QED) is 0.659. The van der Waals surface area contributed by atoms with Gasteiger partial charge in [0.1, 0.15) is 0 Å². The lowest BCUT2D eigenvalue weighted by Gasteiger charge is -2.22. The van der Waals surface area contributed by atoms with E-state index in [9.17, 15) is 4.79 Å².